The molecule has 1 rings (SSSR count). The predicted octanol–water partition coefficient (Wildman–Crippen LogP) is 1.43. The molecular formula is C9H18O2. The van der Waals surface area contributed by atoms with E-state index >= 15 is 0 Å². The Morgan fingerprint density at radius 2 is 2.27 bits per heavy atom. The van der Waals surface area contributed by atoms with Crippen LogP contribution in [0.15, 0.2) is 0 Å². The Bertz CT molecular complexity index is 108. The van der Waals surface area contributed by atoms with Crippen molar-refractivity contribution in [1.29, 1.82) is 0 Å². The van der Waals surface area contributed by atoms with Crippen molar-refractivity contribution in [2.24, 2.45) is 11.8 Å². The first kappa shape index (κ1) is 9.01. The van der Waals surface area contributed by atoms with Crippen LogP contribution in [0.5, 0.6) is 0 Å². The Morgan fingerprint density at radius 3 is 2.73 bits per heavy atom. The molecule has 0 aliphatic carbocycles. The molecule has 1 N–H and O–H groups in total. The van der Waals surface area contributed by atoms with Gasteiger partial charge in [0.25, 0.3) is 0 Å². The Morgan fingerprint density at radius 1 is 1.55 bits per heavy atom. The largest absolute Gasteiger partial charge is 0.396 e. The number of hydrogen-bond acceptors (Lipinski definition) is 2. The van der Waals surface area contributed by atoms with Gasteiger partial charge >= 0.3 is 0 Å². The molecule has 3 unspecified atom stereocenters. The van der Waals surface area contributed by atoms with Gasteiger partial charge < -0.3 is 9.84 Å². The lowest BCUT2D eigenvalue weighted by molar-refractivity contribution is 0.0353. The van der Waals surface area contributed by atoms with Gasteiger partial charge in [-0.3, -0.25) is 0 Å². The zero-order chi connectivity index (χ0) is 8.27. The summed E-state index contributed by atoms with van der Waals surface area (Å²) in [5.74, 6) is 0.876. The average molecular weight is 158 g/mol. The maximum atomic E-state index is 8.91. The van der Waals surface area contributed by atoms with Gasteiger partial charge in [-0.1, -0.05) is 13.8 Å². The zero-order valence-corrected chi connectivity index (χ0v) is 7.42. The summed E-state index contributed by atoms with van der Waals surface area (Å²) >= 11 is 0. The molecule has 0 bridgehead atoms. The van der Waals surface area contributed by atoms with Crippen LogP contribution in [-0.2, 0) is 4.74 Å². The third-order valence-electron chi connectivity index (χ3n) is 2.74. The molecule has 0 spiro atoms. The highest BCUT2D eigenvalue weighted by molar-refractivity contribution is 4.74. The fourth-order valence-corrected chi connectivity index (χ4v) is 1.55. The third-order valence-corrected chi connectivity index (χ3v) is 2.74. The minimum atomic E-state index is 0.279. The predicted molar refractivity (Wildman–Crippen MR) is 44.4 cm³/mol. The van der Waals surface area contributed by atoms with E-state index < -0.39 is 0 Å². The SMILES string of the molecule is CC(CO)C(C)C1CCCO1. The molecule has 0 aromatic carbocycles. The molecule has 3 atom stereocenters. The van der Waals surface area contributed by atoms with Gasteiger partial charge in [0, 0.05) is 13.2 Å². The van der Waals surface area contributed by atoms with Crippen molar-refractivity contribution in [3.05, 3.63) is 0 Å². The van der Waals surface area contributed by atoms with E-state index in [2.05, 4.69) is 13.8 Å². The van der Waals surface area contributed by atoms with Crippen molar-refractivity contribution in [3.63, 3.8) is 0 Å². The summed E-state index contributed by atoms with van der Waals surface area (Å²) in [7, 11) is 0. The van der Waals surface area contributed by atoms with Gasteiger partial charge in [0.2, 0.25) is 0 Å². The van der Waals surface area contributed by atoms with Gasteiger partial charge in [-0.25, -0.2) is 0 Å². The molecule has 0 aromatic rings. The van der Waals surface area contributed by atoms with Crippen LogP contribution in [-0.4, -0.2) is 24.4 Å². The molecule has 2 heteroatoms. The maximum absolute atomic E-state index is 8.91. The Kier molecular flexibility index (Phi) is 3.34. The van der Waals surface area contributed by atoms with Crippen LogP contribution >= 0.6 is 0 Å². The molecule has 1 aliphatic heterocycles. The molecule has 0 radical (unpaired) electrons. The number of aliphatic hydroxyl groups is 1. The van der Waals surface area contributed by atoms with Crippen LogP contribution in [0, 0.1) is 11.8 Å². The quantitative estimate of drug-likeness (QED) is 0.673. The maximum Gasteiger partial charge on any atom is 0.0604 e. The van der Waals surface area contributed by atoms with E-state index in [-0.39, 0.29) is 6.61 Å². The highest BCUT2D eigenvalue weighted by atomic mass is 16.5. The van der Waals surface area contributed by atoms with Gasteiger partial charge in [-0.05, 0) is 24.7 Å². The molecule has 66 valence electrons. The summed E-state index contributed by atoms with van der Waals surface area (Å²) < 4.78 is 5.53. The molecule has 1 saturated heterocycles. The molecule has 11 heavy (non-hydrogen) atoms. The van der Waals surface area contributed by atoms with E-state index in [0.29, 0.717) is 17.9 Å². The number of rotatable bonds is 3. The van der Waals surface area contributed by atoms with Gasteiger partial charge in [-0.2, -0.15) is 0 Å². The Hall–Kier alpha value is -0.0800. The molecule has 1 aliphatic rings. The summed E-state index contributed by atoms with van der Waals surface area (Å²) in [6.07, 6.45) is 2.76. The molecule has 0 amide bonds. The van der Waals surface area contributed by atoms with Crippen molar-refractivity contribution in [2.75, 3.05) is 13.2 Å². The minimum Gasteiger partial charge on any atom is -0.396 e. The van der Waals surface area contributed by atoms with Crippen molar-refractivity contribution in [3.8, 4) is 0 Å². The van der Waals surface area contributed by atoms with Crippen LogP contribution in [0.25, 0.3) is 0 Å². The first-order chi connectivity index (χ1) is 5.25. The van der Waals surface area contributed by atoms with E-state index in [0.717, 1.165) is 6.61 Å². The summed E-state index contributed by atoms with van der Waals surface area (Å²) in [6, 6.07) is 0. The average Bonchev–Trinajstić information content (AvgIpc) is 2.53. The fourth-order valence-electron chi connectivity index (χ4n) is 1.55. The number of hydrogen-bond donors (Lipinski definition) is 1. The lowest BCUT2D eigenvalue weighted by atomic mass is 9.90. The molecule has 2 nitrogen and oxygen atoms in total. The van der Waals surface area contributed by atoms with Crippen LogP contribution in [0.4, 0.5) is 0 Å². The van der Waals surface area contributed by atoms with E-state index in [1.165, 1.54) is 12.8 Å². The molecule has 1 fully saturated rings. The van der Waals surface area contributed by atoms with Crippen molar-refractivity contribution >= 4 is 0 Å². The van der Waals surface area contributed by atoms with Gasteiger partial charge in [-0.15, -0.1) is 0 Å². The third kappa shape index (κ3) is 2.17. The monoisotopic (exact) mass is 158 g/mol. The van der Waals surface area contributed by atoms with Crippen LogP contribution in [0.1, 0.15) is 26.7 Å². The standard InChI is InChI=1S/C9H18O2/c1-7(6-10)8(2)9-4-3-5-11-9/h7-10H,3-6H2,1-2H3. The molecule has 0 saturated carbocycles. The van der Waals surface area contributed by atoms with E-state index in [4.69, 9.17) is 9.84 Å². The summed E-state index contributed by atoms with van der Waals surface area (Å²) in [5, 5.41) is 8.91. The second-order valence-corrected chi connectivity index (χ2v) is 3.57. The lowest BCUT2D eigenvalue weighted by Crippen LogP contribution is -2.25. The lowest BCUT2D eigenvalue weighted by Gasteiger charge is -2.23. The van der Waals surface area contributed by atoms with Crippen molar-refractivity contribution < 1.29 is 9.84 Å². The van der Waals surface area contributed by atoms with E-state index in [1.54, 1.807) is 0 Å². The van der Waals surface area contributed by atoms with Crippen molar-refractivity contribution in [2.45, 2.75) is 32.8 Å². The number of aliphatic hydroxyl groups excluding tert-OH is 1. The normalized spacial score (nSPS) is 30.3. The van der Waals surface area contributed by atoms with Crippen LogP contribution in [0.2, 0.25) is 0 Å². The first-order valence-electron chi connectivity index (χ1n) is 4.48. The van der Waals surface area contributed by atoms with Gasteiger partial charge in [0.1, 0.15) is 0 Å². The molecular weight excluding hydrogens is 140 g/mol. The van der Waals surface area contributed by atoms with E-state index in [1.807, 2.05) is 0 Å². The zero-order valence-electron chi connectivity index (χ0n) is 7.42. The second kappa shape index (κ2) is 4.07. The minimum absolute atomic E-state index is 0.279. The summed E-state index contributed by atoms with van der Waals surface area (Å²) in [6.45, 7) is 5.43. The van der Waals surface area contributed by atoms with Gasteiger partial charge in [0.05, 0.1) is 6.10 Å². The summed E-state index contributed by atoms with van der Waals surface area (Å²) in [5.41, 5.74) is 0. The smallest absolute Gasteiger partial charge is 0.0604 e. The highest BCUT2D eigenvalue weighted by Gasteiger charge is 2.25. The molecule has 1 heterocycles. The van der Waals surface area contributed by atoms with Crippen molar-refractivity contribution in [1.82, 2.24) is 0 Å². The summed E-state index contributed by atoms with van der Waals surface area (Å²) in [4.78, 5) is 0. The van der Waals surface area contributed by atoms with Crippen LogP contribution in [0.3, 0.4) is 0 Å². The number of ether oxygens (including phenoxy) is 1. The van der Waals surface area contributed by atoms with Crippen LogP contribution < -0.4 is 0 Å². The highest BCUT2D eigenvalue weighted by Crippen LogP contribution is 2.25. The topological polar surface area (TPSA) is 29.5 Å². The fraction of sp³-hybridized carbons (Fsp3) is 1.00. The Labute approximate surface area is 68.6 Å². The Balaban J connectivity index is 2.32. The van der Waals surface area contributed by atoms with E-state index in [9.17, 15) is 0 Å². The molecule has 0 aromatic heterocycles. The first-order valence-corrected chi connectivity index (χ1v) is 4.48. The van der Waals surface area contributed by atoms with Gasteiger partial charge in [0.15, 0.2) is 0 Å². The second-order valence-electron chi connectivity index (χ2n) is 3.57.